The number of aldehydes is 1. The Morgan fingerprint density at radius 1 is 1.09 bits per heavy atom. The Morgan fingerprint density at radius 2 is 1.64 bits per heavy atom. The lowest BCUT2D eigenvalue weighted by atomic mass is 10.1. The highest BCUT2D eigenvalue weighted by Gasteiger charge is 2.47. The molecule has 1 fully saturated rings. The highest BCUT2D eigenvalue weighted by molar-refractivity contribution is 5.59. The second-order valence-corrected chi connectivity index (χ2v) is 3.37. The Morgan fingerprint density at radius 3 is 2.09 bits per heavy atom. The molecule has 3 atom stereocenters. The minimum atomic E-state index is 0.363. The lowest BCUT2D eigenvalue weighted by molar-refractivity contribution is -0.109. The number of rotatable bonds is 1. The van der Waals surface area contributed by atoms with Gasteiger partial charge < -0.3 is 4.79 Å². The summed E-state index contributed by atoms with van der Waals surface area (Å²) >= 11 is 0. The van der Waals surface area contributed by atoms with Crippen molar-refractivity contribution in [1.29, 1.82) is 0 Å². The molecule has 11 heavy (non-hydrogen) atoms. The summed E-state index contributed by atoms with van der Waals surface area (Å²) in [7, 11) is 0. The number of allylic oxidation sites excluding steroid dienone is 4. The average Bonchev–Trinajstić information content (AvgIpc) is 2.60. The van der Waals surface area contributed by atoms with Crippen molar-refractivity contribution in [2.75, 3.05) is 0 Å². The maximum Gasteiger partial charge on any atom is 0.123 e. The van der Waals surface area contributed by atoms with E-state index in [-0.39, 0.29) is 0 Å². The first kappa shape index (κ1) is 6.84. The minimum Gasteiger partial charge on any atom is -0.303 e. The molecule has 0 aromatic carbocycles. The molecule has 0 bridgehead atoms. The summed E-state index contributed by atoms with van der Waals surface area (Å²) < 4.78 is 0. The van der Waals surface area contributed by atoms with Crippen molar-refractivity contribution in [3.05, 3.63) is 24.3 Å². The van der Waals surface area contributed by atoms with Gasteiger partial charge in [0.25, 0.3) is 0 Å². The molecule has 1 saturated carbocycles. The van der Waals surface area contributed by atoms with Crippen LogP contribution in [0.1, 0.15) is 12.8 Å². The van der Waals surface area contributed by atoms with Gasteiger partial charge in [-0.25, -0.2) is 0 Å². The van der Waals surface area contributed by atoms with E-state index in [1.165, 1.54) is 0 Å². The molecule has 0 aliphatic heterocycles. The van der Waals surface area contributed by atoms with Crippen LogP contribution in [-0.4, -0.2) is 6.29 Å². The molecule has 0 heterocycles. The molecule has 2 aliphatic rings. The first-order chi connectivity index (χ1) is 5.43. The summed E-state index contributed by atoms with van der Waals surface area (Å²) in [5.41, 5.74) is 0. The van der Waals surface area contributed by atoms with E-state index < -0.39 is 0 Å². The molecule has 1 heteroatoms. The van der Waals surface area contributed by atoms with Crippen LogP contribution in [0.25, 0.3) is 0 Å². The van der Waals surface area contributed by atoms with Crippen LogP contribution in [0.3, 0.4) is 0 Å². The molecular formula is C10H12O. The standard InChI is InChI=1S/C10H12O/c11-7-10-8-5-3-1-2-4-6-9(8)10/h1-4,7-10H,5-6H2/b3-1-,4-2-/t8-,9+,10?. The molecule has 2 rings (SSSR count). The summed E-state index contributed by atoms with van der Waals surface area (Å²) in [4.78, 5) is 10.5. The molecule has 0 aromatic rings. The van der Waals surface area contributed by atoms with E-state index in [4.69, 9.17) is 0 Å². The third-order valence-electron chi connectivity index (χ3n) is 2.75. The predicted octanol–water partition coefficient (Wildman–Crippen LogP) is 1.95. The van der Waals surface area contributed by atoms with Crippen molar-refractivity contribution in [3.63, 3.8) is 0 Å². The Bertz CT molecular complexity index is 195. The van der Waals surface area contributed by atoms with Gasteiger partial charge in [-0.3, -0.25) is 0 Å². The van der Waals surface area contributed by atoms with Gasteiger partial charge in [-0.1, -0.05) is 24.3 Å². The third-order valence-corrected chi connectivity index (χ3v) is 2.75. The zero-order chi connectivity index (χ0) is 7.68. The second-order valence-electron chi connectivity index (χ2n) is 3.37. The molecule has 0 amide bonds. The molecule has 2 aliphatic carbocycles. The lowest BCUT2D eigenvalue weighted by Gasteiger charge is -1.93. The van der Waals surface area contributed by atoms with Crippen molar-refractivity contribution < 1.29 is 4.79 Å². The maximum absolute atomic E-state index is 10.5. The van der Waals surface area contributed by atoms with Crippen molar-refractivity contribution >= 4 is 6.29 Å². The molecule has 58 valence electrons. The van der Waals surface area contributed by atoms with Crippen molar-refractivity contribution in [3.8, 4) is 0 Å². The SMILES string of the molecule is O=CC1[C@H]2C/C=C\C=C/C[C@@H]12. The van der Waals surface area contributed by atoms with Gasteiger partial charge in [0.2, 0.25) is 0 Å². The Labute approximate surface area is 66.8 Å². The van der Waals surface area contributed by atoms with E-state index in [2.05, 4.69) is 24.3 Å². The summed E-state index contributed by atoms with van der Waals surface area (Å²) in [5.74, 6) is 1.68. The van der Waals surface area contributed by atoms with Gasteiger partial charge in [0.05, 0.1) is 0 Å². The number of carbonyl (C=O) groups is 1. The molecule has 0 radical (unpaired) electrons. The first-order valence-corrected chi connectivity index (χ1v) is 4.20. The molecular weight excluding hydrogens is 136 g/mol. The average molecular weight is 148 g/mol. The normalized spacial score (nSPS) is 46.4. The second kappa shape index (κ2) is 2.65. The number of carbonyl (C=O) groups excluding carboxylic acids is 1. The summed E-state index contributed by atoms with van der Waals surface area (Å²) in [5, 5.41) is 0. The summed E-state index contributed by atoms with van der Waals surface area (Å²) in [6, 6.07) is 0. The van der Waals surface area contributed by atoms with E-state index in [1.54, 1.807) is 0 Å². The highest BCUT2D eigenvalue weighted by atomic mass is 16.1. The van der Waals surface area contributed by atoms with Gasteiger partial charge in [0.15, 0.2) is 0 Å². The number of fused-ring (bicyclic) bond motifs is 1. The highest BCUT2D eigenvalue weighted by Crippen LogP contribution is 2.50. The Hall–Kier alpha value is -0.850. The largest absolute Gasteiger partial charge is 0.303 e. The fraction of sp³-hybridized carbons (Fsp3) is 0.500. The van der Waals surface area contributed by atoms with Crippen LogP contribution in [-0.2, 0) is 4.79 Å². The van der Waals surface area contributed by atoms with Crippen LogP contribution in [0.15, 0.2) is 24.3 Å². The molecule has 0 saturated heterocycles. The van der Waals surface area contributed by atoms with E-state index in [0.717, 1.165) is 19.1 Å². The monoisotopic (exact) mass is 148 g/mol. The van der Waals surface area contributed by atoms with Crippen molar-refractivity contribution in [2.45, 2.75) is 12.8 Å². The number of hydrogen-bond acceptors (Lipinski definition) is 1. The smallest absolute Gasteiger partial charge is 0.123 e. The number of hydrogen-bond donors (Lipinski definition) is 0. The van der Waals surface area contributed by atoms with Gasteiger partial charge in [0, 0.05) is 5.92 Å². The minimum absolute atomic E-state index is 0.363. The zero-order valence-corrected chi connectivity index (χ0v) is 6.44. The van der Waals surface area contributed by atoms with Crippen LogP contribution in [0.5, 0.6) is 0 Å². The quantitative estimate of drug-likeness (QED) is 0.519. The van der Waals surface area contributed by atoms with Gasteiger partial charge in [-0.05, 0) is 24.7 Å². The molecule has 0 N–H and O–H groups in total. The molecule has 0 aromatic heterocycles. The van der Waals surface area contributed by atoms with Crippen LogP contribution < -0.4 is 0 Å². The third kappa shape index (κ3) is 1.15. The van der Waals surface area contributed by atoms with Crippen LogP contribution in [0.2, 0.25) is 0 Å². The Balaban J connectivity index is 2.05. The van der Waals surface area contributed by atoms with Gasteiger partial charge >= 0.3 is 0 Å². The van der Waals surface area contributed by atoms with E-state index in [9.17, 15) is 4.79 Å². The predicted molar refractivity (Wildman–Crippen MR) is 44.0 cm³/mol. The maximum atomic E-state index is 10.5. The fourth-order valence-corrected chi connectivity index (χ4v) is 1.97. The van der Waals surface area contributed by atoms with Gasteiger partial charge in [0.1, 0.15) is 6.29 Å². The van der Waals surface area contributed by atoms with E-state index in [0.29, 0.717) is 17.8 Å². The zero-order valence-electron chi connectivity index (χ0n) is 6.44. The van der Waals surface area contributed by atoms with Crippen molar-refractivity contribution in [2.24, 2.45) is 17.8 Å². The fourth-order valence-electron chi connectivity index (χ4n) is 1.97. The molecule has 1 unspecified atom stereocenters. The summed E-state index contributed by atoms with van der Waals surface area (Å²) in [6.45, 7) is 0. The lowest BCUT2D eigenvalue weighted by Crippen LogP contribution is -1.80. The first-order valence-electron chi connectivity index (χ1n) is 4.20. The van der Waals surface area contributed by atoms with Crippen LogP contribution >= 0.6 is 0 Å². The van der Waals surface area contributed by atoms with Crippen LogP contribution in [0.4, 0.5) is 0 Å². The van der Waals surface area contributed by atoms with E-state index in [1.807, 2.05) is 0 Å². The van der Waals surface area contributed by atoms with E-state index >= 15 is 0 Å². The van der Waals surface area contributed by atoms with Crippen molar-refractivity contribution in [1.82, 2.24) is 0 Å². The molecule has 1 nitrogen and oxygen atoms in total. The van der Waals surface area contributed by atoms with Crippen LogP contribution in [0, 0.1) is 17.8 Å². The topological polar surface area (TPSA) is 17.1 Å². The Kier molecular flexibility index (Phi) is 1.65. The molecule has 0 spiro atoms. The van der Waals surface area contributed by atoms with Gasteiger partial charge in [-0.2, -0.15) is 0 Å². The van der Waals surface area contributed by atoms with Gasteiger partial charge in [-0.15, -0.1) is 0 Å². The summed E-state index contributed by atoms with van der Waals surface area (Å²) in [6.07, 6.45) is 11.8.